The van der Waals surface area contributed by atoms with Gasteiger partial charge in [0.2, 0.25) is 0 Å². The van der Waals surface area contributed by atoms with Crippen LogP contribution in [0.5, 0.6) is 0 Å². The summed E-state index contributed by atoms with van der Waals surface area (Å²) in [6, 6.07) is 8.61. The van der Waals surface area contributed by atoms with E-state index < -0.39 is 0 Å². The van der Waals surface area contributed by atoms with E-state index in [9.17, 15) is 0 Å². The lowest BCUT2D eigenvalue weighted by Gasteiger charge is -2.19. The van der Waals surface area contributed by atoms with E-state index >= 15 is 0 Å². The van der Waals surface area contributed by atoms with E-state index in [0.717, 1.165) is 11.4 Å². The van der Waals surface area contributed by atoms with Crippen LogP contribution < -0.4 is 5.73 Å². The zero-order chi connectivity index (χ0) is 14.3. The minimum atomic E-state index is 0.169. The van der Waals surface area contributed by atoms with Crippen molar-refractivity contribution >= 4 is 0 Å². The normalized spacial score (nSPS) is 15.6. The second kappa shape index (κ2) is 4.70. The Labute approximate surface area is 120 Å². The predicted octanol–water partition coefficient (Wildman–Crippen LogP) is 2.90. The number of benzene rings is 1. The molecule has 0 amide bonds. The van der Waals surface area contributed by atoms with E-state index in [1.54, 1.807) is 0 Å². The summed E-state index contributed by atoms with van der Waals surface area (Å²) in [5, 5.41) is 8.53. The van der Waals surface area contributed by atoms with Crippen LogP contribution in [0.15, 0.2) is 24.3 Å². The summed E-state index contributed by atoms with van der Waals surface area (Å²) in [7, 11) is 0. The Bertz CT molecular complexity index is 600. The van der Waals surface area contributed by atoms with Gasteiger partial charge in [-0.25, -0.2) is 4.68 Å². The molecule has 0 bridgehead atoms. The molecule has 3 rings (SSSR count). The van der Waals surface area contributed by atoms with Crippen LogP contribution in [0.25, 0.3) is 5.69 Å². The average molecular weight is 270 g/mol. The van der Waals surface area contributed by atoms with E-state index in [1.807, 2.05) is 4.68 Å². The van der Waals surface area contributed by atoms with Crippen LogP contribution in [0.4, 0.5) is 0 Å². The monoisotopic (exact) mass is 270 g/mol. The van der Waals surface area contributed by atoms with Gasteiger partial charge in [-0.3, -0.25) is 0 Å². The molecule has 1 aromatic heterocycles. The first kappa shape index (κ1) is 13.3. The van der Waals surface area contributed by atoms with Crippen molar-refractivity contribution in [1.82, 2.24) is 15.0 Å². The minimum absolute atomic E-state index is 0.169. The van der Waals surface area contributed by atoms with E-state index in [0.29, 0.717) is 12.5 Å². The first-order chi connectivity index (χ1) is 9.50. The van der Waals surface area contributed by atoms with Gasteiger partial charge in [0, 0.05) is 12.5 Å². The molecule has 1 aromatic carbocycles. The maximum atomic E-state index is 5.77. The second-order valence-corrected chi connectivity index (χ2v) is 6.61. The molecular weight excluding hydrogens is 248 g/mol. The topological polar surface area (TPSA) is 56.7 Å². The Morgan fingerprint density at radius 3 is 2.35 bits per heavy atom. The number of nitrogens with two attached hydrogens (primary N) is 1. The molecule has 20 heavy (non-hydrogen) atoms. The Morgan fingerprint density at radius 2 is 1.85 bits per heavy atom. The van der Waals surface area contributed by atoms with Gasteiger partial charge in [-0.1, -0.05) is 38.1 Å². The third-order valence-corrected chi connectivity index (χ3v) is 3.91. The van der Waals surface area contributed by atoms with Crippen molar-refractivity contribution in [3.05, 3.63) is 41.2 Å². The Kier molecular flexibility index (Phi) is 3.13. The van der Waals surface area contributed by atoms with Crippen LogP contribution in [0, 0.1) is 0 Å². The highest BCUT2D eigenvalue weighted by molar-refractivity contribution is 5.39. The third kappa shape index (κ3) is 2.36. The molecule has 0 spiro atoms. The van der Waals surface area contributed by atoms with E-state index in [1.165, 1.54) is 24.1 Å². The fourth-order valence-electron chi connectivity index (χ4n) is 2.52. The predicted molar refractivity (Wildman–Crippen MR) is 79.9 cm³/mol. The number of hydrogen-bond acceptors (Lipinski definition) is 3. The van der Waals surface area contributed by atoms with Crippen molar-refractivity contribution in [1.29, 1.82) is 0 Å². The van der Waals surface area contributed by atoms with Gasteiger partial charge in [-0.2, -0.15) is 0 Å². The van der Waals surface area contributed by atoms with Gasteiger partial charge in [0.05, 0.1) is 11.4 Å². The maximum absolute atomic E-state index is 5.77. The first-order valence-electron chi connectivity index (χ1n) is 7.26. The van der Waals surface area contributed by atoms with E-state index in [-0.39, 0.29) is 5.41 Å². The quantitative estimate of drug-likeness (QED) is 0.933. The molecule has 1 saturated carbocycles. The van der Waals surface area contributed by atoms with Crippen molar-refractivity contribution in [3.8, 4) is 5.69 Å². The third-order valence-electron chi connectivity index (χ3n) is 3.91. The van der Waals surface area contributed by atoms with E-state index in [2.05, 4.69) is 55.3 Å². The fourth-order valence-corrected chi connectivity index (χ4v) is 2.52. The largest absolute Gasteiger partial charge is 0.325 e. The number of hydrogen-bond donors (Lipinski definition) is 1. The molecule has 1 aliphatic carbocycles. The number of aromatic nitrogens is 3. The van der Waals surface area contributed by atoms with Gasteiger partial charge in [-0.05, 0) is 36.0 Å². The lowest BCUT2D eigenvalue weighted by Crippen LogP contribution is -2.11. The van der Waals surface area contributed by atoms with Crippen LogP contribution >= 0.6 is 0 Å². The first-order valence-corrected chi connectivity index (χ1v) is 7.26. The molecule has 1 fully saturated rings. The van der Waals surface area contributed by atoms with Gasteiger partial charge >= 0.3 is 0 Å². The minimum Gasteiger partial charge on any atom is -0.325 e. The van der Waals surface area contributed by atoms with Crippen LogP contribution in [-0.2, 0) is 12.0 Å². The number of rotatable bonds is 3. The summed E-state index contributed by atoms with van der Waals surface area (Å²) < 4.78 is 1.96. The summed E-state index contributed by atoms with van der Waals surface area (Å²) in [5.74, 6) is 0.589. The zero-order valence-electron chi connectivity index (χ0n) is 12.4. The molecule has 0 saturated heterocycles. The molecular formula is C16H22N4. The zero-order valence-corrected chi connectivity index (χ0v) is 12.4. The Balaban J connectivity index is 1.99. The van der Waals surface area contributed by atoms with Crippen molar-refractivity contribution < 1.29 is 0 Å². The van der Waals surface area contributed by atoms with Crippen molar-refractivity contribution in [2.75, 3.05) is 0 Å². The van der Waals surface area contributed by atoms with Crippen molar-refractivity contribution in [3.63, 3.8) is 0 Å². The van der Waals surface area contributed by atoms with E-state index in [4.69, 9.17) is 5.73 Å². The molecule has 2 N–H and O–H groups in total. The summed E-state index contributed by atoms with van der Waals surface area (Å²) in [5.41, 5.74) is 10.5. The summed E-state index contributed by atoms with van der Waals surface area (Å²) in [4.78, 5) is 0. The standard InChI is InChI=1S/C16H22N4/c1-16(2,3)12-6-8-13(9-7-12)20-15(11-4-5-11)14(10-17)18-19-20/h6-9,11H,4-5,10,17H2,1-3H3. The highest BCUT2D eigenvalue weighted by Crippen LogP contribution is 2.41. The molecule has 106 valence electrons. The van der Waals surface area contributed by atoms with Gasteiger partial charge in [0.1, 0.15) is 5.69 Å². The highest BCUT2D eigenvalue weighted by atomic mass is 15.4. The highest BCUT2D eigenvalue weighted by Gasteiger charge is 2.31. The second-order valence-electron chi connectivity index (χ2n) is 6.61. The molecule has 4 nitrogen and oxygen atoms in total. The van der Waals surface area contributed by atoms with Gasteiger partial charge in [0.25, 0.3) is 0 Å². The molecule has 0 atom stereocenters. The lowest BCUT2D eigenvalue weighted by molar-refractivity contribution is 0.590. The molecule has 1 aliphatic rings. The van der Waals surface area contributed by atoms with Crippen LogP contribution in [0.1, 0.15) is 56.5 Å². The molecule has 1 heterocycles. The molecule has 0 radical (unpaired) electrons. The maximum Gasteiger partial charge on any atom is 0.100 e. The SMILES string of the molecule is CC(C)(C)c1ccc(-n2nnc(CN)c2C2CC2)cc1. The smallest absolute Gasteiger partial charge is 0.100 e. The molecule has 4 heteroatoms. The average Bonchev–Trinajstić information content (AvgIpc) is 3.17. The summed E-state index contributed by atoms with van der Waals surface area (Å²) in [6.07, 6.45) is 2.45. The van der Waals surface area contributed by atoms with Crippen molar-refractivity contribution in [2.24, 2.45) is 5.73 Å². The van der Waals surface area contributed by atoms with Crippen molar-refractivity contribution in [2.45, 2.75) is 51.5 Å². The van der Waals surface area contributed by atoms with Crippen LogP contribution in [0.3, 0.4) is 0 Å². The Morgan fingerprint density at radius 1 is 1.20 bits per heavy atom. The van der Waals surface area contributed by atoms with Gasteiger partial charge in [0.15, 0.2) is 0 Å². The molecule has 0 unspecified atom stereocenters. The lowest BCUT2D eigenvalue weighted by atomic mass is 9.87. The van der Waals surface area contributed by atoms with Crippen LogP contribution in [-0.4, -0.2) is 15.0 Å². The van der Waals surface area contributed by atoms with Crippen LogP contribution in [0.2, 0.25) is 0 Å². The fraction of sp³-hybridized carbons (Fsp3) is 0.500. The Hall–Kier alpha value is -1.68. The van der Waals surface area contributed by atoms with Gasteiger partial charge in [-0.15, -0.1) is 5.10 Å². The van der Waals surface area contributed by atoms with Gasteiger partial charge < -0.3 is 5.73 Å². The number of nitrogens with zero attached hydrogens (tertiary/aromatic N) is 3. The molecule has 2 aromatic rings. The summed E-state index contributed by atoms with van der Waals surface area (Å²) in [6.45, 7) is 7.13. The molecule has 0 aliphatic heterocycles. The summed E-state index contributed by atoms with van der Waals surface area (Å²) >= 11 is 0.